The van der Waals surface area contributed by atoms with Crippen molar-refractivity contribution in [1.29, 1.82) is 0 Å². The number of urea groups is 1. The average Bonchev–Trinajstić information content (AvgIpc) is 2.39. The molecule has 18 heavy (non-hydrogen) atoms. The lowest BCUT2D eigenvalue weighted by Crippen LogP contribution is -2.51. The third-order valence-electron chi connectivity index (χ3n) is 3.53. The monoisotopic (exact) mass is 256 g/mol. The van der Waals surface area contributed by atoms with Crippen molar-refractivity contribution >= 4 is 11.9 Å². The highest BCUT2D eigenvalue weighted by molar-refractivity contribution is 5.96. The second-order valence-corrected chi connectivity index (χ2v) is 4.78. The van der Waals surface area contributed by atoms with Gasteiger partial charge in [0.2, 0.25) is 5.91 Å². The van der Waals surface area contributed by atoms with Crippen molar-refractivity contribution in [2.45, 2.75) is 25.8 Å². The molecule has 1 saturated heterocycles. The smallest absolute Gasteiger partial charge is 0.321 e. The van der Waals surface area contributed by atoms with Gasteiger partial charge in [-0.3, -0.25) is 15.0 Å². The van der Waals surface area contributed by atoms with Crippen LogP contribution < -0.4 is 16.0 Å². The van der Waals surface area contributed by atoms with E-state index in [1.165, 1.54) is 7.05 Å². The predicted molar refractivity (Wildman–Crippen MR) is 70.3 cm³/mol. The number of piperidine rings is 1. The van der Waals surface area contributed by atoms with E-state index in [4.69, 9.17) is 0 Å². The molecule has 0 aromatic rings. The molecule has 0 aliphatic carbocycles. The standard InChI is InChI=1S/C12H24N4O2/c1-9(11(17)15-12(18)14-3)16-6-4-10(5-7-16)8-13-2/h9-10,13H,4-8H2,1-3H3,(H2,14,15,17,18). The summed E-state index contributed by atoms with van der Waals surface area (Å²) in [6.07, 6.45) is 2.19. The van der Waals surface area contributed by atoms with Crippen LogP contribution in [0.3, 0.4) is 0 Å². The summed E-state index contributed by atoms with van der Waals surface area (Å²) in [5.74, 6) is 0.460. The maximum atomic E-state index is 11.8. The molecule has 0 bridgehead atoms. The Morgan fingerprint density at radius 2 is 1.89 bits per heavy atom. The average molecular weight is 256 g/mol. The Balaban J connectivity index is 2.37. The molecule has 1 atom stereocenters. The number of amides is 3. The third kappa shape index (κ3) is 4.27. The van der Waals surface area contributed by atoms with Gasteiger partial charge in [0.15, 0.2) is 0 Å². The van der Waals surface area contributed by atoms with Gasteiger partial charge in [-0.1, -0.05) is 0 Å². The summed E-state index contributed by atoms with van der Waals surface area (Å²) >= 11 is 0. The summed E-state index contributed by atoms with van der Waals surface area (Å²) in [7, 11) is 3.46. The molecule has 3 N–H and O–H groups in total. The number of hydrogen-bond acceptors (Lipinski definition) is 4. The van der Waals surface area contributed by atoms with Crippen LogP contribution in [0.4, 0.5) is 4.79 Å². The lowest BCUT2D eigenvalue weighted by Gasteiger charge is -2.35. The van der Waals surface area contributed by atoms with E-state index in [0.717, 1.165) is 32.5 Å². The minimum absolute atomic E-state index is 0.235. The maximum Gasteiger partial charge on any atom is 0.321 e. The van der Waals surface area contributed by atoms with Crippen LogP contribution in [0.5, 0.6) is 0 Å². The Hall–Kier alpha value is -1.14. The van der Waals surface area contributed by atoms with Gasteiger partial charge < -0.3 is 10.6 Å². The van der Waals surface area contributed by atoms with Crippen molar-refractivity contribution in [3.8, 4) is 0 Å². The van der Waals surface area contributed by atoms with E-state index < -0.39 is 6.03 Å². The molecule has 1 unspecified atom stereocenters. The van der Waals surface area contributed by atoms with E-state index in [9.17, 15) is 9.59 Å². The van der Waals surface area contributed by atoms with E-state index in [-0.39, 0.29) is 11.9 Å². The minimum atomic E-state index is -0.447. The van der Waals surface area contributed by atoms with E-state index in [0.29, 0.717) is 5.92 Å². The molecule has 1 aliphatic rings. The van der Waals surface area contributed by atoms with Crippen LogP contribution in [-0.4, -0.2) is 56.6 Å². The van der Waals surface area contributed by atoms with Gasteiger partial charge in [0.25, 0.3) is 0 Å². The van der Waals surface area contributed by atoms with E-state index in [1.807, 2.05) is 14.0 Å². The van der Waals surface area contributed by atoms with Crippen molar-refractivity contribution < 1.29 is 9.59 Å². The van der Waals surface area contributed by atoms with Gasteiger partial charge in [0, 0.05) is 7.05 Å². The van der Waals surface area contributed by atoms with Crippen LogP contribution in [0.15, 0.2) is 0 Å². The Bertz CT molecular complexity index is 288. The fourth-order valence-corrected chi connectivity index (χ4v) is 2.28. The fraction of sp³-hybridized carbons (Fsp3) is 0.833. The van der Waals surface area contributed by atoms with Crippen LogP contribution in [0.2, 0.25) is 0 Å². The summed E-state index contributed by atoms with van der Waals surface area (Å²) in [4.78, 5) is 25.0. The Labute approximate surface area is 108 Å². The molecule has 1 aliphatic heterocycles. The van der Waals surface area contributed by atoms with Crippen molar-refractivity contribution in [2.24, 2.45) is 5.92 Å². The normalized spacial score (nSPS) is 19.3. The van der Waals surface area contributed by atoms with Crippen LogP contribution in [0, 0.1) is 5.92 Å². The van der Waals surface area contributed by atoms with Gasteiger partial charge in [-0.05, 0) is 52.4 Å². The Kier molecular flexibility index (Phi) is 6.07. The molecule has 1 rings (SSSR count). The molecule has 1 heterocycles. The van der Waals surface area contributed by atoms with Crippen LogP contribution in [0.25, 0.3) is 0 Å². The molecule has 0 saturated carbocycles. The van der Waals surface area contributed by atoms with Gasteiger partial charge in [-0.15, -0.1) is 0 Å². The molecule has 104 valence electrons. The van der Waals surface area contributed by atoms with E-state index in [1.54, 1.807) is 0 Å². The number of carbonyl (C=O) groups is 2. The van der Waals surface area contributed by atoms with E-state index >= 15 is 0 Å². The summed E-state index contributed by atoms with van der Waals surface area (Å²) in [6, 6.07) is -0.699. The fourth-order valence-electron chi connectivity index (χ4n) is 2.28. The highest BCUT2D eigenvalue weighted by Gasteiger charge is 2.26. The molecule has 0 aromatic carbocycles. The van der Waals surface area contributed by atoms with E-state index in [2.05, 4.69) is 20.9 Å². The number of likely N-dealkylation sites (tertiary alicyclic amines) is 1. The van der Waals surface area contributed by atoms with Crippen LogP contribution in [-0.2, 0) is 4.79 Å². The number of nitrogens with zero attached hydrogens (tertiary/aromatic N) is 1. The minimum Gasteiger partial charge on any atom is -0.341 e. The zero-order valence-corrected chi connectivity index (χ0v) is 11.5. The number of carbonyl (C=O) groups excluding carboxylic acids is 2. The lowest BCUT2D eigenvalue weighted by atomic mass is 9.96. The van der Waals surface area contributed by atoms with Crippen LogP contribution >= 0.6 is 0 Å². The maximum absolute atomic E-state index is 11.8. The highest BCUT2D eigenvalue weighted by Crippen LogP contribution is 2.18. The number of rotatable bonds is 4. The number of imide groups is 1. The van der Waals surface area contributed by atoms with Gasteiger partial charge in [-0.2, -0.15) is 0 Å². The Morgan fingerprint density at radius 1 is 1.28 bits per heavy atom. The third-order valence-corrected chi connectivity index (χ3v) is 3.53. The summed E-state index contributed by atoms with van der Waals surface area (Å²) in [6.45, 7) is 4.70. The van der Waals surface area contributed by atoms with Gasteiger partial charge in [-0.25, -0.2) is 4.79 Å². The molecular formula is C12H24N4O2. The second-order valence-electron chi connectivity index (χ2n) is 4.78. The largest absolute Gasteiger partial charge is 0.341 e. The number of nitrogens with one attached hydrogen (secondary N) is 3. The van der Waals surface area contributed by atoms with Crippen molar-refractivity contribution in [3.05, 3.63) is 0 Å². The topological polar surface area (TPSA) is 73.5 Å². The first kappa shape index (κ1) is 14.9. The lowest BCUT2D eigenvalue weighted by molar-refractivity contribution is -0.125. The van der Waals surface area contributed by atoms with Crippen molar-refractivity contribution in [1.82, 2.24) is 20.9 Å². The van der Waals surface area contributed by atoms with Crippen molar-refractivity contribution in [3.63, 3.8) is 0 Å². The molecule has 6 nitrogen and oxygen atoms in total. The molecule has 6 heteroatoms. The molecular weight excluding hydrogens is 232 g/mol. The second kappa shape index (κ2) is 7.33. The zero-order chi connectivity index (χ0) is 13.5. The first-order chi connectivity index (χ1) is 8.58. The molecule has 1 fully saturated rings. The van der Waals surface area contributed by atoms with Gasteiger partial charge in [0.05, 0.1) is 6.04 Å². The zero-order valence-electron chi connectivity index (χ0n) is 11.5. The Morgan fingerprint density at radius 3 is 2.39 bits per heavy atom. The first-order valence-electron chi connectivity index (χ1n) is 6.49. The van der Waals surface area contributed by atoms with Gasteiger partial charge >= 0.3 is 6.03 Å². The van der Waals surface area contributed by atoms with Gasteiger partial charge in [0.1, 0.15) is 0 Å². The highest BCUT2D eigenvalue weighted by atomic mass is 16.2. The number of hydrogen-bond donors (Lipinski definition) is 3. The van der Waals surface area contributed by atoms with Crippen molar-refractivity contribution in [2.75, 3.05) is 33.7 Å². The molecule has 0 spiro atoms. The summed E-state index contributed by atoms with van der Waals surface area (Å²) in [5.41, 5.74) is 0. The summed E-state index contributed by atoms with van der Waals surface area (Å²) in [5, 5.41) is 7.89. The molecule has 3 amide bonds. The van der Waals surface area contributed by atoms with Crippen LogP contribution in [0.1, 0.15) is 19.8 Å². The molecule has 0 radical (unpaired) electrons. The quantitative estimate of drug-likeness (QED) is 0.649. The first-order valence-corrected chi connectivity index (χ1v) is 6.49. The predicted octanol–water partition coefficient (Wildman–Crippen LogP) is -0.238. The molecule has 0 aromatic heterocycles. The summed E-state index contributed by atoms with van der Waals surface area (Å²) < 4.78 is 0. The SMILES string of the molecule is CNCC1CCN(C(C)C(=O)NC(=O)NC)CC1.